The summed E-state index contributed by atoms with van der Waals surface area (Å²) in [6.45, 7) is 7.33. The molecule has 1 heteroatoms. The molecule has 1 aromatic rings. The van der Waals surface area contributed by atoms with E-state index in [0.29, 0.717) is 10.2 Å². The number of halogens is 1. The normalized spacial score (nSPS) is 31.2. The van der Waals surface area contributed by atoms with Crippen molar-refractivity contribution in [3.8, 4) is 0 Å². The zero-order valence-corrected chi connectivity index (χ0v) is 13.4. The minimum atomic E-state index is 0.423. The fraction of sp³-hybridized carbons (Fsp3) is 0.647. The minimum absolute atomic E-state index is 0.423. The second kappa shape index (κ2) is 5.77. The maximum atomic E-state index is 3.90. The zero-order valence-electron chi connectivity index (χ0n) is 11.8. The molecule has 0 aliphatic heterocycles. The lowest BCUT2D eigenvalue weighted by atomic mass is 9.62. The van der Waals surface area contributed by atoms with Gasteiger partial charge in [-0.2, -0.15) is 0 Å². The van der Waals surface area contributed by atoms with Crippen LogP contribution in [0.2, 0.25) is 0 Å². The molecular weight excluding hydrogens is 284 g/mol. The third-order valence-electron chi connectivity index (χ3n) is 4.91. The van der Waals surface area contributed by atoms with Crippen molar-refractivity contribution in [2.24, 2.45) is 17.3 Å². The summed E-state index contributed by atoms with van der Waals surface area (Å²) in [4.78, 5) is 0.682. The lowest BCUT2D eigenvalue weighted by Gasteiger charge is -2.46. The lowest BCUT2D eigenvalue weighted by molar-refractivity contribution is 0.0866. The van der Waals surface area contributed by atoms with Crippen LogP contribution < -0.4 is 0 Å². The van der Waals surface area contributed by atoms with Gasteiger partial charge in [-0.25, -0.2) is 0 Å². The molecule has 18 heavy (non-hydrogen) atoms. The summed E-state index contributed by atoms with van der Waals surface area (Å²) in [6, 6.07) is 10.9. The van der Waals surface area contributed by atoms with Crippen LogP contribution >= 0.6 is 15.9 Å². The third-order valence-corrected chi connectivity index (χ3v) is 6.55. The Hall–Kier alpha value is -0.300. The molecule has 0 radical (unpaired) electrons. The smallest absolute Gasteiger partial charge is 0.0199 e. The van der Waals surface area contributed by atoms with Gasteiger partial charge in [-0.1, -0.05) is 67.0 Å². The van der Waals surface area contributed by atoms with E-state index < -0.39 is 0 Å². The highest BCUT2D eigenvalue weighted by Gasteiger charge is 2.41. The summed E-state index contributed by atoms with van der Waals surface area (Å²) < 4.78 is 0. The second-order valence-electron chi connectivity index (χ2n) is 6.47. The van der Waals surface area contributed by atoms with Gasteiger partial charge in [0.2, 0.25) is 0 Å². The fourth-order valence-corrected chi connectivity index (χ4v) is 4.18. The summed E-state index contributed by atoms with van der Waals surface area (Å²) in [5.41, 5.74) is 1.91. The number of benzene rings is 1. The highest BCUT2D eigenvalue weighted by Crippen LogP contribution is 2.49. The van der Waals surface area contributed by atoms with Crippen molar-refractivity contribution in [3.63, 3.8) is 0 Å². The largest absolute Gasteiger partial charge is 0.0885 e. The average Bonchev–Trinajstić information content (AvgIpc) is 2.35. The number of rotatable bonds is 3. The van der Waals surface area contributed by atoms with Gasteiger partial charge in [0, 0.05) is 4.83 Å². The van der Waals surface area contributed by atoms with Gasteiger partial charge >= 0.3 is 0 Å². The molecule has 3 atom stereocenters. The van der Waals surface area contributed by atoms with Gasteiger partial charge in [-0.05, 0) is 48.5 Å². The highest BCUT2D eigenvalue weighted by molar-refractivity contribution is 9.09. The Kier molecular flexibility index (Phi) is 4.53. The first-order valence-electron chi connectivity index (χ1n) is 7.20. The van der Waals surface area contributed by atoms with E-state index in [2.05, 4.69) is 67.0 Å². The fourth-order valence-electron chi connectivity index (χ4n) is 3.57. The maximum absolute atomic E-state index is 3.90. The van der Waals surface area contributed by atoms with Crippen molar-refractivity contribution in [1.29, 1.82) is 0 Å². The van der Waals surface area contributed by atoms with Crippen molar-refractivity contribution >= 4 is 15.9 Å². The quantitative estimate of drug-likeness (QED) is 0.651. The molecule has 1 aromatic carbocycles. The van der Waals surface area contributed by atoms with Crippen molar-refractivity contribution < 1.29 is 0 Å². The van der Waals surface area contributed by atoms with Crippen molar-refractivity contribution in [2.75, 3.05) is 0 Å². The van der Waals surface area contributed by atoms with Gasteiger partial charge in [0.05, 0.1) is 0 Å². The number of hydrogen-bond acceptors (Lipinski definition) is 0. The molecule has 1 unspecified atom stereocenters. The average molecular weight is 309 g/mol. The van der Waals surface area contributed by atoms with Gasteiger partial charge in [-0.3, -0.25) is 0 Å². The predicted octanol–water partition coefficient (Wildman–Crippen LogP) is 5.46. The molecule has 0 aromatic heterocycles. The van der Waals surface area contributed by atoms with Crippen LogP contribution in [0.1, 0.15) is 45.6 Å². The van der Waals surface area contributed by atoms with Crippen molar-refractivity contribution in [2.45, 2.75) is 51.3 Å². The molecule has 0 N–H and O–H groups in total. The summed E-state index contributed by atoms with van der Waals surface area (Å²) in [5, 5.41) is 0. The Morgan fingerprint density at radius 1 is 1.17 bits per heavy atom. The lowest BCUT2D eigenvalue weighted by Crippen LogP contribution is -2.41. The van der Waals surface area contributed by atoms with E-state index in [1.165, 1.54) is 31.2 Å². The Balaban J connectivity index is 2.02. The summed E-state index contributed by atoms with van der Waals surface area (Å²) in [7, 11) is 0. The van der Waals surface area contributed by atoms with Crippen molar-refractivity contribution in [3.05, 3.63) is 35.9 Å². The van der Waals surface area contributed by atoms with Crippen LogP contribution in [0.25, 0.3) is 0 Å². The van der Waals surface area contributed by atoms with Gasteiger partial charge in [0.1, 0.15) is 0 Å². The van der Waals surface area contributed by atoms with Crippen LogP contribution in [0.4, 0.5) is 0 Å². The van der Waals surface area contributed by atoms with Crippen molar-refractivity contribution in [1.82, 2.24) is 0 Å². The summed E-state index contributed by atoms with van der Waals surface area (Å²) in [5.74, 6) is 1.69. The first-order valence-corrected chi connectivity index (χ1v) is 8.11. The Bertz CT molecular complexity index is 368. The first kappa shape index (κ1) is 14.1. The Labute approximate surface area is 120 Å². The predicted molar refractivity (Wildman–Crippen MR) is 83.1 cm³/mol. The van der Waals surface area contributed by atoms with E-state index in [0.717, 1.165) is 11.8 Å². The number of hydrogen-bond donors (Lipinski definition) is 0. The molecule has 1 aliphatic carbocycles. The molecular formula is C17H25Br. The standard InChI is InChI=1S/C17H25Br/c1-13-9-12-16(18)17(2,3)15(13)11-10-14-7-5-4-6-8-14/h4-8,13,15-16H,9-12H2,1-3H3/t13?,15-,16+/m0/s1. The van der Waals surface area contributed by atoms with Gasteiger partial charge < -0.3 is 0 Å². The van der Waals surface area contributed by atoms with E-state index in [1.54, 1.807) is 0 Å². The molecule has 0 nitrogen and oxygen atoms in total. The third kappa shape index (κ3) is 2.99. The molecule has 1 fully saturated rings. The maximum Gasteiger partial charge on any atom is 0.0199 e. The molecule has 2 rings (SSSR count). The van der Waals surface area contributed by atoms with Crippen LogP contribution in [0, 0.1) is 17.3 Å². The van der Waals surface area contributed by atoms with Crippen LogP contribution in [-0.2, 0) is 6.42 Å². The van der Waals surface area contributed by atoms with E-state index in [4.69, 9.17) is 0 Å². The summed E-state index contributed by atoms with van der Waals surface area (Å²) in [6.07, 6.45) is 5.24. The molecule has 100 valence electrons. The first-order chi connectivity index (χ1) is 8.51. The van der Waals surface area contributed by atoms with Gasteiger partial charge in [0.15, 0.2) is 0 Å². The van der Waals surface area contributed by atoms with Crippen LogP contribution in [0.3, 0.4) is 0 Å². The molecule has 0 heterocycles. The van der Waals surface area contributed by atoms with Crippen LogP contribution in [0.15, 0.2) is 30.3 Å². The highest BCUT2D eigenvalue weighted by atomic mass is 79.9. The van der Waals surface area contributed by atoms with E-state index in [-0.39, 0.29) is 0 Å². The van der Waals surface area contributed by atoms with E-state index in [9.17, 15) is 0 Å². The van der Waals surface area contributed by atoms with Crippen LogP contribution in [-0.4, -0.2) is 4.83 Å². The van der Waals surface area contributed by atoms with Gasteiger partial charge in [0.25, 0.3) is 0 Å². The number of aryl methyl sites for hydroxylation is 1. The zero-order chi connectivity index (χ0) is 13.2. The second-order valence-corrected chi connectivity index (χ2v) is 7.58. The van der Waals surface area contributed by atoms with Crippen LogP contribution in [0.5, 0.6) is 0 Å². The van der Waals surface area contributed by atoms with E-state index >= 15 is 0 Å². The molecule has 0 saturated heterocycles. The molecule has 1 saturated carbocycles. The summed E-state index contributed by atoms with van der Waals surface area (Å²) >= 11 is 3.90. The van der Waals surface area contributed by atoms with E-state index in [1.807, 2.05) is 0 Å². The Morgan fingerprint density at radius 2 is 1.83 bits per heavy atom. The molecule has 0 amide bonds. The molecule has 0 spiro atoms. The SMILES string of the molecule is CC1CC[C@@H](Br)C(C)(C)[C@H]1CCc1ccccc1. The van der Waals surface area contributed by atoms with Gasteiger partial charge in [-0.15, -0.1) is 0 Å². The molecule has 1 aliphatic rings. The topological polar surface area (TPSA) is 0 Å². The number of alkyl halides is 1. The monoisotopic (exact) mass is 308 g/mol. The Morgan fingerprint density at radius 3 is 2.50 bits per heavy atom. The molecule has 0 bridgehead atoms. The minimum Gasteiger partial charge on any atom is -0.0885 e.